The van der Waals surface area contributed by atoms with Gasteiger partial charge in [0, 0.05) is 18.5 Å². The molecule has 0 spiro atoms. The normalized spacial score (nSPS) is 12.2. The Kier molecular flexibility index (Phi) is 5.71. The third kappa shape index (κ3) is 5.07. The number of rotatable bonds is 6. The monoisotopic (exact) mass is 367 g/mol. The zero-order chi connectivity index (χ0) is 19.2. The Morgan fingerprint density at radius 1 is 1.04 bits per heavy atom. The Morgan fingerprint density at radius 2 is 1.81 bits per heavy atom. The molecule has 27 heavy (non-hydrogen) atoms. The van der Waals surface area contributed by atoms with Gasteiger partial charge in [-0.15, -0.1) is 0 Å². The fraction of sp³-hybridized carbons (Fsp3) is 0.250. The van der Waals surface area contributed by atoms with Crippen LogP contribution in [0.2, 0.25) is 0 Å². The molecule has 1 aliphatic heterocycles. The lowest BCUT2D eigenvalue weighted by atomic mass is 10.1. The first-order valence-electron chi connectivity index (χ1n) is 8.60. The highest BCUT2D eigenvalue weighted by molar-refractivity contribution is 5.94. The summed E-state index contributed by atoms with van der Waals surface area (Å²) in [5.74, 6) is 0.793. The van der Waals surface area contributed by atoms with Crippen LogP contribution in [0.15, 0.2) is 41.5 Å². The van der Waals surface area contributed by atoms with Crippen molar-refractivity contribution in [2.75, 3.05) is 12.1 Å². The highest BCUT2D eigenvalue weighted by Crippen LogP contribution is 2.31. The summed E-state index contributed by atoms with van der Waals surface area (Å²) in [5, 5.41) is 6.73. The quantitative estimate of drug-likeness (QED) is 0.607. The molecule has 7 heteroatoms. The molecule has 0 aliphatic carbocycles. The second kappa shape index (κ2) is 8.35. The van der Waals surface area contributed by atoms with Crippen LogP contribution in [0.5, 0.6) is 11.5 Å². The Balaban J connectivity index is 1.44. The molecule has 0 saturated heterocycles. The van der Waals surface area contributed by atoms with Crippen LogP contribution in [0.3, 0.4) is 0 Å². The van der Waals surface area contributed by atoms with Crippen LogP contribution in [0.1, 0.15) is 29.5 Å². The number of nitrogens with zero attached hydrogens (tertiary/aromatic N) is 1. The fourth-order valence-electron chi connectivity index (χ4n) is 2.54. The van der Waals surface area contributed by atoms with E-state index in [4.69, 9.17) is 9.47 Å². The smallest absolute Gasteiger partial charge is 0.240 e. The maximum Gasteiger partial charge on any atom is 0.240 e. The molecule has 0 unspecified atom stereocenters. The molecule has 2 amide bonds. The third-order valence-electron chi connectivity index (χ3n) is 4.05. The molecule has 0 radical (unpaired) electrons. The van der Waals surface area contributed by atoms with Gasteiger partial charge in [-0.2, -0.15) is 5.10 Å². The number of hydrazone groups is 1. The minimum absolute atomic E-state index is 0.0508. The van der Waals surface area contributed by atoms with Crippen LogP contribution in [0.25, 0.3) is 0 Å². The van der Waals surface area contributed by atoms with E-state index in [9.17, 15) is 9.59 Å². The highest BCUT2D eigenvalue weighted by Gasteiger charge is 2.12. The van der Waals surface area contributed by atoms with Crippen LogP contribution in [0.4, 0.5) is 5.69 Å². The Hall–Kier alpha value is -3.35. The predicted molar refractivity (Wildman–Crippen MR) is 102 cm³/mol. The molecule has 0 atom stereocenters. The van der Waals surface area contributed by atoms with E-state index in [1.807, 2.05) is 32.0 Å². The average molecular weight is 367 g/mol. The number of carbonyl (C=O) groups excluding carboxylic acids is 2. The molecular weight excluding hydrogens is 346 g/mol. The molecule has 7 nitrogen and oxygen atoms in total. The lowest BCUT2D eigenvalue weighted by Crippen LogP contribution is -2.20. The van der Waals surface area contributed by atoms with E-state index in [1.54, 1.807) is 18.2 Å². The van der Waals surface area contributed by atoms with Gasteiger partial charge in [0.05, 0.1) is 6.21 Å². The van der Waals surface area contributed by atoms with Crippen LogP contribution >= 0.6 is 0 Å². The fourth-order valence-corrected chi connectivity index (χ4v) is 2.54. The van der Waals surface area contributed by atoms with Gasteiger partial charge in [0.15, 0.2) is 11.5 Å². The van der Waals surface area contributed by atoms with Crippen molar-refractivity contribution in [1.82, 2.24) is 5.43 Å². The molecule has 3 rings (SSSR count). The molecule has 2 N–H and O–H groups in total. The topological polar surface area (TPSA) is 89.0 Å². The van der Waals surface area contributed by atoms with Gasteiger partial charge in [-0.25, -0.2) is 5.43 Å². The molecule has 0 fully saturated rings. The standard InChI is InChI=1S/C20H21N3O4/c1-13-3-4-14(2)16(9-13)22-19(24)7-8-20(25)23-21-11-15-5-6-17-18(10-15)27-12-26-17/h3-6,9-11H,7-8,12H2,1-2H3,(H,22,24)(H,23,25)/b21-11+. The van der Waals surface area contributed by atoms with E-state index in [0.717, 1.165) is 22.4 Å². The van der Waals surface area contributed by atoms with Crippen molar-refractivity contribution in [3.8, 4) is 11.5 Å². The van der Waals surface area contributed by atoms with Crippen LogP contribution in [0, 0.1) is 13.8 Å². The average Bonchev–Trinajstić information content (AvgIpc) is 3.11. The third-order valence-corrected chi connectivity index (χ3v) is 4.05. The van der Waals surface area contributed by atoms with Crippen LogP contribution in [-0.4, -0.2) is 24.8 Å². The first kappa shape index (κ1) is 18.4. The summed E-state index contributed by atoms with van der Waals surface area (Å²) in [7, 11) is 0. The van der Waals surface area contributed by atoms with Gasteiger partial charge in [0.2, 0.25) is 18.6 Å². The summed E-state index contributed by atoms with van der Waals surface area (Å²) in [5.41, 5.74) is 5.99. The van der Waals surface area contributed by atoms with E-state index < -0.39 is 0 Å². The molecule has 1 aliphatic rings. The van der Waals surface area contributed by atoms with E-state index >= 15 is 0 Å². The van der Waals surface area contributed by atoms with Crippen molar-refractivity contribution in [3.05, 3.63) is 53.1 Å². The number of hydrogen-bond donors (Lipinski definition) is 2. The first-order valence-corrected chi connectivity index (χ1v) is 8.60. The molecular formula is C20H21N3O4. The van der Waals surface area contributed by atoms with Crippen molar-refractivity contribution in [2.24, 2.45) is 5.10 Å². The lowest BCUT2D eigenvalue weighted by Gasteiger charge is -2.09. The van der Waals surface area contributed by atoms with E-state index in [-0.39, 0.29) is 31.4 Å². The van der Waals surface area contributed by atoms with E-state index in [1.165, 1.54) is 6.21 Å². The van der Waals surface area contributed by atoms with Gasteiger partial charge >= 0.3 is 0 Å². The van der Waals surface area contributed by atoms with Crippen LogP contribution < -0.4 is 20.2 Å². The Morgan fingerprint density at radius 3 is 2.67 bits per heavy atom. The minimum Gasteiger partial charge on any atom is -0.454 e. The molecule has 0 bridgehead atoms. The largest absolute Gasteiger partial charge is 0.454 e. The Bertz CT molecular complexity index is 893. The second-order valence-corrected chi connectivity index (χ2v) is 6.27. The number of nitrogens with one attached hydrogen (secondary N) is 2. The Labute approximate surface area is 157 Å². The maximum atomic E-state index is 12.0. The first-order chi connectivity index (χ1) is 13.0. The number of benzene rings is 2. The SMILES string of the molecule is Cc1ccc(C)c(NC(=O)CCC(=O)N/N=C/c2ccc3c(c2)OCO3)c1. The molecule has 140 valence electrons. The summed E-state index contributed by atoms with van der Waals surface area (Å²) in [4.78, 5) is 23.9. The van der Waals surface area contributed by atoms with Gasteiger partial charge < -0.3 is 14.8 Å². The van der Waals surface area contributed by atoms with Gasteiger partial charge in [-0.3, -0.25) is 9.59 Å². The molecule has 0 aromatic heterocycles. The van der Waals surface area contributed by atoms with Crippen LogP contribution in [-0.2, 0) is 9.59 Å². The minimum atomic E-state index is -0.330. The van der Waals surface area contributed by atoms with Crippen molar-refractivity contribution in [3.63, 3.8) is 0 Å². The number of ether oxygens (including phenoxy) is 2. The maximum absolute atomic E-state index is 12.0. The van der Waals surface area contributed by atoms with Crippen molar-refractivity contribution in [1.29, 1.82) is 0 Å². The molecule has 1 heterocycles. The van der Waals surface area contributed by atoms with E-state index in [2.05, 4.69) is 15.8 Å². The van der Waals surface area contributed by atoms with Crippen molar-refractivity contribution in [2.45, 2.75) is 26.7 Å². The summed E-state index contributed by atoms with van der Waals surface area (Å²) in [6.07, 6.45) is 1.64. The van der Waals surface area contributed by atoms with Crippen molar-refractivity contribution >= 4 is 23.7 Å². The number of aryl methyl sites for hydroxylation is 2. The van der Waals surface area contributed by atoms with Gasteiger partial charge in [0.1, 0.15) is 0 Å². The number of fused-ring (bicyclic) bond motifs is 1. The van der Waals surface area contributed by atoms with Gasteiger partial charge in [0.25, 0.3) is 0 Å². The summed E-state index contributed by atoms with van der Waals surface area (Å²) >= 11 is 0. The predicted octanol–water partition coefficient (Wildman–Crippen LogP) is 2.90. The highest BCUT2D eigenvalue weighted by atomic mass is 16.7. The number of amides is 2. The van der Waals surface area contributed by atoms with Gasteiger partial charge in [-0.1, -0.05) is 12.1 Å². The molecule has 2 aromatic rings. The zero-order valence-corrected chi connectivity index (χ0v) is 15.2. The molecule has 0 saturated carbocycles. The molecule has 2 aromatic carbocycles. The zero-order valence-electron chi connectivity index (χ0n) is 15.2. The summed E-state index contributed by atoms with van der Waals surface area (Å²) < 4.78 is 10.5. The lowest BCUT2D eigenvalue weighted by molar-refractivity contribution is -0.124. The second-order valence-electron chi connectivity index (χ2n) is 6.27. The van der Waals surface area contributed by atoms with E-state index in [0.29, 0.717) is 11.5 Å². The summed E-state index contributed by atoms with van der Waals surface area (Å²) in [6.45, 7) is 4.09. The number of anilines is 1. The number of carbonyl (C=O) groups is 2. The van der Waals surface area contributed by atoms with Crippen molar-refractivity contribution < 1.29 is 19.1 Å². The summed E-state index contributed by atoms with van der Waals surface area (Å²) in [6, 6.07) is 11.2. The number of hydrogen-bond acceptors (Lipinski definition) is 5. The van der Waals surface area contributed by atoms with Gasteiger partial charge in [-0.05, 0) is 54.8 Å².